The van der Waals surface area contributed by atoms with Gasteiger partial charge in [0.15, 0.2) is 5.65 Å². The van der Waals surface area contributed by atoms with E-state index in [0.29, 0.717) is 22.5 Å². The van der Waals surface area contributed by atoms with Crippen LogP contribution in [0.3, 0.4) is 0 Å². The molecule has 0 atom stereocenters. The lowest BCUT2D eigenvalue weighted by molar-refractivity contribution is 0.589. The summed E-state index contributed by atoms with van der Waals surface area (Å²) < 4.78 is 1.55. The zero-order valence-electron chi connectivity index (χ0n) is 17.5. The molecule has 0 unspecified atom stereocenters. The number of nitrogens with zero attached hydrogens (tertiary/aromatic N) is 4. The maximum absolute atomic E-state index is 12.8. The molecule has 1 aliphatic heterocycles. The standard InChI is InChI=1S/C25H22N6O/c1-2-18-16-23(32)31(21-6-4-3-5-7-21)24-22(18)17-27-25(29-24)28-19-8-10-20(11-9-19)30-14-12-26-13-15-30/h1,3-11,16-17,26H,12-15H2,(H,27,28,29). The van der Waals surface area contributed by atoms with Gasteiger partial charge in [0.2, 0.25) is 5.95 Å². The average Bonchev–Trinajstić information content (AvgIpc) is 2.85. The second-order valence-electron chi connectivity index (χ2n) is 7.55. The Balaban J connectivity index is 1.51. The zero-order valence-corrected chi connectivity index (χ0v) is 17.5. The summed E-state index contributed by atoms with van der Waals surface area (Å²) in [6.07, 6.45) is 7.29. The molecule has 0 amide bonds. The van der Waals surface area contributed by atoms with Gasteiger partial charge in [0.25, 0.3) is 5.56 Å². The number of piperazine rings is 1. The van der Waals surface area contributed by atoms with Crippen LogP contribution in [0, 0.1) is 12.3 Å². The zero-order chi connectivity index (χ0) is 21.9. The molecule has 5 rings (SSSR count). The number of benzene rings is 2. The van der Waals surface area contributed by atoms with E-state index in [1.165, 1.54) is 11.8 Å². The third kappa shape index (κ3) is 3.80. The first-order valence-electron chi connectivity index (χ1n) is 10.5. The van der Waals surface area contributed by atoms with E-state index in [1.54, 1.807) is 10.8 Å². The molecule has 1 saturated heterocycles. The molecule has 1 fully saturated rings. The Labute approximate surface area is 185 Å². The van der Waals surface area contributed by atoms with Crippen LogP contribution < -0.4 is 21.1 Å². The molecule has 2 aromatic carbocycles. The highest BCUT2D eigenvalue weighted by atomic mass is 16.1. The summed E-state index contributed by atoms with van der Waals surface area (Å²) in [7, 11) is 0. The summed E-state index contributed by atoms with van der Waals surface area (Å²) in [6.45, 7) is 3.98. The van der Waals surface area contributed by atoms with Gasteiger partial charge < -0.3 is 15.5 Å². The lowest BCUT2D eigenvalue weighted by Gasteiger charge is -2.29. The maximum atomic E-state index is 12.8. The molecule has 1 aliphatic rings. The van der Waals surface area contributed by atoms with E-state index in [1.807, 2.05) is 42.5 Å². The molecule has 2 aromatic heterocycles. The highest BCUT2D eigenvalue weighted by Gasteiger charge is 2.13. The highest BCUT2D eigenvalue weighted by Crippen LogP contribution is 2.23. The van der Waals surface area contributed by atoms with E-state index < -0.39 is 0 Å². The molecule has 158 valence electrons. The van der Waals surface area contributed by atoms with E-state index in [4.69, 9.17) is 6.42 Å². The lowest BCUT2D eigenvalue weighted by atomic mass is 10.2. The van der Waals surface area contributed by atoms with Crippen molar-refractivity contribution in [3.63, 3.8) is 0 Å². The number of fused-ring (bicyclic) bond motifs is 1. The van der Waals surface area contributed by atoms with Crippen LogP contribution in [0.1, 0.15) is 5.56 Å². The third-order valence-corrected chi connectivity index (χ3v) is 5.53. The van der Waals surface area contributed by atoms with Crippen LogP contribution >= 0.6 is 0 Å². The summed E-state index contributed by atoms with van der Waals surface area (Å²) in [4.78, 5) is 24.3. The number of para-hydroxylation sites is 1. The Morgan fingerprint density at radius 2 is 1.75 bits per heavy atom. The fraction of sp³-hybridized carbons (Fsp3) is 0.160. The second-order valence-corrected chi connectivity index (χ2v) is 7.55. The molecule has 7 nitrogen and oxygen atoms in total. The molecule has 7 heteroatoms. The van der Waals surface area contributed by atoms with E-state index in [2.05, 4.69) is 43.6 Å². The van der Waals surface area contributed by atoms with Gasteiger partial charge in [-0.3, -0.25) is 9.36 Å². The number of terminal acetylenes is 1. The van der Waals surface area contributed by atoms with Gasteiger partial charge in [-0.25, -0.2) is 4.98 Å². The summed E-state index contributed by atoms with van der Waals surface area (Å²) in [6, 6.07) is 19.0. The quantitative estimate of drug-likeness (QED) is 0.493. The summed E-state index contributed by atoms with van der Waals surface area (Å²) in [5, 5.41) is 7.25. The van der Waals surface area contributed by atoms with Gasteiger partial charge in [-0.05, 0) is 36.4 Å². The molecular weight excluding hydrogens is 400 g/mol. The smallest absolute Gasteiger partial charge is 0.258 e. The topological polar surface area (TPSA) is 75.1 Å². The normalized spacial score (nSPS) is 13.7. The van der Waals surface area contributed by atoms with Gasteiger partial charge in [-0.2, -0.15) is 4.98 Å². The Morgan fingerprint density at radius 1 is 1.00 bits per heavy atom. The minimum absolute atomic E-state index is 0.235. The third-order valence-electron chi connectivity index (χ3n) is 5.53. The van der Waals surface area contributed by atoms with Gasteiger partial charge in [-0.15, -0.1) is 6.42 Å². The van der Waals surface area contributed by atoms with Crippen LogP contribution in [0.5, 0.6) is 0 Å². The minimum Gasteiger partial charge on any atom is -0.369 e. The molecule has 0 spiro atoms. The predicted molar refractivity (Wildman–Crippen MR) is 128 cm³/mol. The van der Waals surface area contributed by atoms with Gasteiger partial charge in [-0.1, -0.05) is 24.1 Å². The number of rotatable bonds is 4. The summed E-state index contributed by atoms with van der Waals surface area (Å²) in [5.41, 5.74) is 3.48. The number of pyridine rings is 1. The number of hydrogen-bond acceptors (Lipinski definition) is 6. The van der Waals surface area contributed by atoms with Crippen molar-refractivity contribution in [2.45, 2.75) is 0 Å². The molecular formula is C25H22N6O. The van der Waals surface area contributed by atoms with Crippen molar-refractivity contribution >= 4 is 28.4 Å². The van der Waals surface area contributed by atoms with Crippen molar-refractivity contribution in [3.8, 4) is 18.0 Å². The SMILES string of the molecule is C#Cc1cc(=O)n(-c2ccccc2)c2nc(Nc3ccc(N4CCNCC4)cc3)ncc12. The Kier molecular flexibility index (Phi) is 5.28. The van der Waals surface area contributed by atoms with Crippen molar-refractivity contribution in [3.05, 3.63) is 82.8 Å². The molecule has 32 heavy (non-hydrogen) atoms. The van der Waals surface area contributed by atoms with Crippen molar-refractivity contribution in [2.75, 3.05) is 36.4 Å². The molecule has 0 radical (unpaired) electrons. The lowest BCUT2D eigenvalue weighted by Crippen LogP contribution is -2.43. The molecule has 4 aromatic rings. The van der Waals surface area contributed by atoms with Crippen molar-refractivity contribution in [2.24, 2.45) is 0 Å². The van der Waals surface area contributed by atoms with Gasteiger partial charge >= 0.3 is 0 Å². The van der Waals surface area contributed by atoms with Crippen LogP contribution in [0.25, 0.3) is 16.7 Å². The molecule has 0 aliphatic carbocycles. The first-order chi connectivity index (χ1) is 15.7. The first-order valence-corrected chi connectivity index (χ1v) is 10.5. The van der Waals surface area contributed by atoms with E-state index >= 15 is 0 Å². The molecule has 0 bridgehead atoms. The van der Waals surface area contributed by atoms with Crippen LogP contribution in [0.2, 0.25) is 0 Å². The number of aromatic nitrogens is 3. The van der Waals surface area contributed by atoms with E-state index in [-0.39, 0.29) is 5.56 Å². The van der Waals surface area contributed by atoms with Gasteiger partial charge in [0.05, 0.1) is 11.1 Å². The number of hydrogen-bond donors (Lipinski definition) is 2. The molecule has 3 heterocycles. The van der Waals surface area contributed by atoms with Crippen molar-refractivity contribution in [1.29, 1.82) is 0 Å². The Morgan fingerprint density at radius 3 is 2.47 bits per heavy atom. The Hall–Kier alpha value is -4.15. The van der Waals surface area contributed by atoms with E-state index in [0.717, 1.165) is 37.6 Å². The largest absolute Gasteiger partial charge is 0.369 e. The van der Waals surface area contributed by atoms with Crippen LogP contribution in [0.15, 0.2) is 71.7 Å². The van der Waals surface area contributed by atoms with Crippen molar-refractivity contribution in [1.82, 2.24) is 19.9 Å². The summed E-state index contributed by atoms with van der Waals surface area (Å²) in [5.74, 6) is 2.97. The summed E-state index contributed by atoms with van der Waals surface area (Å²) >= 11 is 0. The first kappa shape index (κ1) is 19.8. The number of anilines is 3. The molecule has 0 saturated carbocycles. The monoisotopic (exact) mass is 422 g/mol. The maximum Gasteiger partial charge on any atom is 0.258 e. The van der Waals surface area contributed by atoms with Crippen molar-refractivity contribution < 1.29 is 0 Å². The van der Waals surface area contributed by atoms with Gasteiger partial charge in [0.1, 0.15) is 0 Å². The fourth-order valence-electron chi connectivity index (χ4n) is 3.92. The molecule has 2 N–H and O–H groups in total. The van der Waals surface area contributed by atoms with Gasteiger partial charge in [0, 0.05) is 55.4 Å². The highest BCUT2D eigenvalue weighted by molar-refractivity contribution is 5.83. The average molecular weight is 422 g/mol. The fourth-order valence-corrected chi connectivity index (χ4v) is 3.92. The van der Waals surface area contributed by atoms with E-state index in [9.17, 15) is 4.79 Å². The van der Waals surface area contributed by atoms with Crippen LogP contribution in [-0.4, -0.2) is 40.7 Å². The Bertz CT molecular complexity index is 1350. The second kappa shape index (κ2) is 8.53. The minimum atomic E-state index is -0.235. The van der Waals surface area contributed by atoms with Crippen LogP contribution in [0.4, 0.5) is 17.3 Å². The predicted octanol–water partition coefficient (Wildman–Crippen LogP) is 2.92. The number of nitrogens with one attached hydrogen (secondary N) is 2. The van der Waals surface area contributed by atoms with Crippen LogP contribution in [-0.2, 0) is 0 Å².